The molecule has 4 nitrogen and oxygen atoms in total. The van der Waals surface area contributed by atoms with Crippen molar-refractivity contribution in [3.8, 4) is 0 Å². The lowest BCUT2D eigenvalue weighted by Gasteiger charge is -2.26. The number of nitrogens with one attached hydrogen (secondary N) is 1. The van der Waals surface area contributed by atoms with Gasteiger partial charge in [0.1, 0.15) is 5.84 Å². The van der Waals surface area contributed by atoms with Crippen LogP contribution in [0.15, 0.2) is 30.3 Å². The summed E-state index contributed by atoms with van der Waals surface area (Å²) in [7, 11) is 1.74. The summed E-state index contributed by atoms with van der Waals surface area (Å²) >= 11 is 0. The SMILES string of the molecule is CC(c1ccccc1)N1C(=N)C(C)(C)N(C)C1=O. The molecule has 2 amide bonds. The largest absolute Gasteiger partial charge is 0.326 e. The second kappa shape index (κ2) is 4.12. The zero-order valence-electron chi connectivity index (χ0n) is 11.3. The Bertz CT molecular complexity index is 481. The molecule has 0 aliphatic carbocycles. The third-order valence-corrected chi connectivity index (χ3v) is 3.82. The molecular formula is C14H19N3O. The average molecular weight is 245 g/mol. The van der Waals surface area contributed by atoms with E-state index in [1.807, 2.05) is 51.1 Å². The van der Waals surface area contributed by atoms with E-state index in [0.717, 1.165) is 5.56 Å². The van der Waals surface area contributed by atoms with E-state index in [1.165, 1.54) is 0 Å². The first-order valence-corrected chi connectivity index (χ1v) is 6.08. The van der Waals surface area contributed by atoms with Crippen molar-refractivity contribution in [2.75, 3.05) is 7.05 Å². The Morgan fingerprint density at radius 2 is 1.78 bits per heavy atom. The second-order valence-electron chi connectivity index (χ2n) is 5.21. The molecule has 0 radical (unpaired) electrons. The van der Waals surface area contributed by atoms with Gasteiger partial charge < -0.3 is 4.90 Å². The van der Waals surface area contributed by atoms with Crippen LogP contribution in [-0.2, 0) is 0 Å². The van der Waals surface area contributed by atoms with Gasteiger partial charge in [-0.1, -0.05) is 30.3 Å². The predicted octanol–water partition coefficient (Wildman–Crippen LogP) is 2.87. The van der Waals surface area contributed by atoms with Crippen LogP contribution in [0.4, 0.5) is 4.79 Å². The highest BCUT2D eigenvalue weighted by Gasteiger charge is 2.48. The standard InChI is InChI=1S/C14H19N3O/c1-10(11-8-6-5-7-9-11)17-12(15)14(2,3)16(4)13(17)18/h5-10,15H,1-4H3. The number of likely N-dealkylation sites (N-methyl/N-ethyl adjacent to an activating group) is 1. The Kier molecular flexibility index (Phi) is 2.89. The van der Waals surface area contributed by atoms with Crippen molar-refractivity contribution in [1.29, 1.82) is 5.41 Å². The summed E-state index contributed by atoms with van der Waals surface area (Å²) in [6.45, 7) is 5.74. The smallest absolute Gasteiger partial charge is 0.315 e. The Morgan fingerprint density at radius 1 is 1.22 bits per heavy atom. The maximum atomic E-state index is 12.3. The lowest BCUT2D eigenvalue weighted by atomic mass is 10.0. The van der Waals surface area contributed by atoms with Gasteiger partial charge in [-0.05, 0) is 26.3 Å². The number of benzene rings is 1. The van der Waals surface area contributed by atoms with Crippen molar-refractivity contribution in [3.63, 3.8) is 0 Å². The molecule has 1 saturated heterocycles. The minimum atomic E-state index is -0.542. The van der Waals surface area contributed by atoms with Crippen LogP contribution in [-0.4, -0.2) is 34.3 Å². The molecule has 2 rings (SSSR count). The second-order valence-corrected chi connectivity index (χ2v) is 5.21. The van der Waals surface area contributed by atoms with Crippen LogP contribution >= 0.6 is 0 Å². The molecule has 1 aromatic rings. The van der Waals surface area contributed by atoms with E-state index in [0.29, 0.717) is 5.84 Å². The number of hydrogen-bond acceptors (Lipinski definition) is 2. The van der Waals surface area contributed by atoms with Crippen LogP contribution in [0.1, 0.15) is 32.4 Å². The molecule has 1 heterocycles. The Hall–Kier alpha value is -1.84. The van der Waals surface area contributed by atoms with Gasteiger partial charge >= 0.3 is 6.03 Å². The highest BCUT2D eigenvalue weighted by atomic mass is 16.2. The van der Waals surface area contributed by atoms with Crippen molar-refractivity contribution < 1.29 is 4.79 Å². The molecule has 18 heavy (non-hydrogen) atoms. The van der Waals surface area contributed by atoms with Crippen LogP contribution in [0, 0.1) is 5.41 Å². The molecule has 96 valence electrons. The number of carbonyl (C=O) groups is 1. The minimum absolute atomic E-state index is 0.110. The number of carbonyl (C=O) groups excluding carboxylic acids is 1. The van der Waals surface area contributed by atoms with Gasteiger partial charge in [-0.2, -0.15) is 0 Å². The van der Waals surface area contributed by atoms with Gasteiger partial charge in [0, 0.05) is 7.05 Å². The molecular weight excluding hydrogens is 226 g/mol. The number of urea groups is 1. The van der Waals surface area contributed by atoms with Gasteiger partial charge in [-0.3, -0.25) is 10.3 Å². The number of amidine groups is 1. The van der Waals surface area contributed by atoms with Gasteiger partial charge in [0.05, 0.1) is 11.6 Å². The third-order valence-electron chi connectivity index (χ3n) is 3.82. The summed E-state index contributed by atoms with van der Waals surface area (Å²) in [5.41, 5.74) is 0.502. The summed E-state index contributed by atoms with van der Waals surface area (Å²) < 4.78 is 0. The molecule has 1 N–H and O–H groups in total. The van der Waals surface area contributed by atoms with Crippen LogP contribution < -0.4 is 0 Å². The van der Waals surface area contributed by atoms with Gasteiger partial charge in [-0.25, -0.2) is 4.79 Å². The van der Waals surface area contributed by atoms with E-state index < -0.39 is 5.54 Å². The van der Waals surface area contributed by atoms with E-state index in [4.69, 9.17) is 5.41 Å². The maximum absolute atomic E-state index is 12.3. The van der Waals surface area contributed by atoms with Crippen LogP contribution in [0.5, 0.6) is 0 Å². The lowest BCUT2D eigenvalue weighted by Crippen LogP contribution is -2.41. The number of amides is 2. The predicted molar refractivity (Wildman–Crippen MR) is 71.7 cm³/mol. The highest BCUT2D eigenvalue weighted by molar-refractivity contribution is 6.08. The molecule has 4 heteroatoms. The van der Waals surface area contributed by atoms with Gasteiger partial charge in [-0.15, -0.1) is 0 Å². The summed E-state index contributed by atoms with van der Waals surface area (Å²) in [4.78, 5) is 15.4. The van der Waals surface area contributed by atoms with Crippen LogP contribution in [0.3, 0.4) is 0 Å². The number of rotatable bonds is 2. The van der Waals surface area contributed by atoms with E-state index in [9.17, 15) is 4.79 Å². The summed E-state index contributed by atoms with van der Waals surface area (Å²) in [6.07, 6.45) is 0. The van der Waals surface area contributed by atoms with Crippen molar-refractivity contribution in [2.45, 2.75) is 32.4 Å². The van der Waals surface area contributed by atoms with Crippen LogP contribution in [0.25, 0.3) is 0 Å². The van der Waals surface area contributed by atoms with E-state index in [2.05, 4.69) is 0 Å². The first kappa shape index (κ1) is 12.6. The molecule has 1 fully saturated rings. The van der Waals surface area contributed by atoms with Gasteiger partial charge in [0.2, 0.25) is 0 Å². The summed E-state index contributed by atoms with van der Waals surface area (Å²) in [6, 6.07) is 9.59. The number of hydrogen-bond donors (Lipinski definition) is 1. The minimum Gasteiger partial charge on any atom is -0.315 e. The van der Waals surface area contributed by atoms with Crippen LogP contribution in [0.2, 0.25) is 0 Å². The van der Waals surface area contributed by atoms with E-state index >= 15 is 0 Å². The van der Waals surface area contributed by atoms with E-state index in [1.54, 1.807) is 16.8 Å². The van der Waals surface area contributed by atoms with Crippen molar-refractivity contribution >= 4 is 11.9 Å². The quantitative estimate of drug-likeness (QED) is 0.855. The normalized spacial score (nSPS) is 20.4. The number of nitrogens with zero attached hydrogens (tertiary/aromatic N) is 2. The zero-order valence-corrected chi connectivity index (χ0v) is 11.3. The van der Waals surface area contributed by atoms with Crippen molar-refractivity contribution in [1.82, 2.24) is 9.80 Å². The monoisotopic (exact) mass is 245 g/mol. The molecule has 0 aromatic heterocycles. The van der Waals surface area contributed by atoms with Crippen molar-refractivity contribution in [3.05, 3.63) is 35.9 Å². The first-order chi connectivity index (χ1) is 8.37. The summed E-state index contributed by atoms with van der Waals surface area (Å²) in [5, 5.41) is 8.21. The van der Waals surface area contributed by atoms with E-state index in [-0.39, 0.29) is 12.1 Å². The Morgan fingerprint density at radius 3 is 2.22 bits per heavy atom. The lowest BCUT2D eigenvalue weighted by molar-refractivity contribution is 0.181. The maximum Gasteiger partial charge on any atom is 0.326 e. The fourth-order valence-corrected chi connectivity index (χ4v) is 2.19. The van der Waals surface area contributed by atoms with Gasteiger partial charge in [0.15, 0.2) is 0 Å². The molecule has 1 aliphatic rings. The molecule has 0 saturated carbocycles. The molecule has 1 aromatic carbocycles. The summed E-state index contributed by atoms with van der Waals surface area (Å²) in [5.74, 6) is 0.353. The van der Waals surface area contributed by atoms with Crippen molar-refractivity contribution in [2.24, 2.45) is 0 Å². The molecule has 1 unspecified atom stereocenters. The average Bonchev–Trinajstić information content (AvgIpc) is 2.51. The fourth-order valence-electron chi connectivity index (χ4n) is 2.19. The Labute approximate surface area is 108 Å². The fraction of sp³-hybridized carbons (Fsp3) is 0.429. The molecule has 1 atom stereocenters. The topological polar surface area (TPSA) is 47.4 Å². The Balaban J connectivity index is 2.35. The van der Waals surface area contributed by atoms with Gasteiger partial charge in [0.25, 0.3) is 0 Å². The molecule has 1 aliphatic heterocycles. The highest BCUT2D eigenvalue weighted by Crippen LogP contribution is 2.33. The first-order valence-electron chi connectivity index (χ1n) is 6.08. The third kappa shape index (κ3) is 1.68. The zero-order chi connectivity index (χ0) is 13.5. The molecule has 0 spiro atoms. The molecule has 0 bridgehead atoms.